The lowest BCUT2D eigenvalue weighted by atomic mass is 9.96. The molecule has 0 spiro atoms. The van der Waals surface area contributed by atoms with Crippen molar-refractivity contribution in [2.75, 3.05) is 17.1 Å². The molecule has 2 heterocycles. The highest BCUT2D eigenvalue weighted by Crippen LogP contribution is 2.37. The third-order valence-corrected chi connectivity index (χ3v) is 8.65. The highest BCUT2D eigenvalue weighted by atomic mass is 35.5. The number of nitrogens with one attached hydrogen (secondary N) is 2. The fourth-order valence-electron chi connectivity index (χ4n) is 4.00. The number of nitrogens with zero attached hydrogens (tertiary/aromatic N) is 2. The molecular weight excluding hydrogens is 480 g/mol. The molecule has 2 N–H and O–H groups in total. The van der Waals surface area contributed by atoms with E-state index in [2.05, 4.69) is 15.0 Å². The molecule has 33 heavy (non-hydrogen) atoms. The topological polar surface area (TPSA) is 93.2 Å². The van der Waals surface area contributed by atoms with Crippen LogP contribution in [0.2, 0.25) is 5.15 Å². The molecule has 0 saturated heterocycles. The Bertz CT molecular complexity index is 1250. The maximum atomic E-state index is 13.2. The number of halogens is 1. The number of hydrogen-bond donors (Lipinski definition) is 2. The van der Waals surface area contributed by atoms with Crippen molar-refractivity contribution in [3.63, 3.8) is 0 Å². The van der Waals surface area contributed by atoms with Crippen LogP contribution in [0.1, 0.15) is 43.4 Å². The van der Waals surface area contributed by atoms with Crippen LogP contribution >= 0.6 is 22.9 Å². The van der Waals surface area contributed by atoms with E-state index in [1.54, 1.807) is 36.5 Å². The first kappa shape index (κ1) is 23.8. The average Bonchev–Trinajstić information content (AvgIpc) is 3.16. The number of methoxy groups -OCH3 is 1. The van der Waals surface area contributed by atoms with E-state index in [0.29, 0.717) is 22.4 Å². The molecule has 3 aromatic rings. The Morgan fingerprint density at radius 1 is 1.15 bits per heavy atom. The smallest absolute Gasteiger partial charge is 0.265 e. The van der Waals surface area contributed by atoms with E-state index < -0.39 is 10.0 Å². The second kappa shape index (κ2) is 9.87. The van der Waals surface area contributed by atoms with Gasteiger partial charge in [-0.3, -0.25) is 4.72 Å². The molecule has 1 fully saturated rings. The molecule has 7 nitrogen and oxygen atoms in total. The highest BCUT2D eigenvalue weighted by molar-refractivity contribution is 7.92. The van der Waals surface area contributed by atoms with Gasteiger partial charge in [-0.2, -0.15) is 0 Å². The van der Waals surface area contributed by atoms with Gasteiger partial charge < -0.3 is 10.1 Å². The first-order valence-electron chi connectivity index (χ1n) is 10.8. The van der Waals surface area contributed by atoms with Crippen molar-refractivity contribution in [2.45, 2.75) is 56.9 Å². The Kier molecular flexibility index (Phi) is 7.11. The molecule has 2 aromatic heterocycles. The summed E-state index contributed by atoms with van der Waals surface area (Å²) in [5.41, 5.74) is 2.64. The van der Waals surface area contributed by atoms with Gasteiger partial charge in [-0.05, 0) is 62.1 Å². The Morgan fingerprint density at radius 3 is 2.61 bits per heavy atom. The summed E-state index contributed by atoms with van der Waals surface area (Å²) in [7, 11) is -2.48. The fourth-order valence-corrected chi connectivity index (χ4v) is 6.37. The van der Waals surface area contributed by atoms with Crippen LogP contribution < -0.4 is 14.8 Å². The normalized spacial score (nSPS) is 14.8. The molecule has 4 rings (SSSR count). The lowest BCUT2D eigenvalue weighted by Crippen LogP contribution is -2.21. The average molecular weight is 507 g/mol. The third kappa shape index (κ3) is 5.42. The summed E-state index contributed by atoms with van der Waals surface area (Å²) >= 11 is 7.51. The van der Waals surface area contributed by atoms with Gasteiger partial charge >= 0.3 is 0 Å². The number of rotatable bonds is 7. The van der Waals surface area contributed by atoms with E-state index in [4.69, 9.17) is 21.3 Å². The molecule has 0 amide bonds. The van der Waals surface area contributed by atoms with Crippen molar-refractivity contribution in [3.05, 3.63) is 46.9 Å². The van der Waals surface area contributed by atoms with Gasteiger partial charge in [0.25, 0.3) is 10.0 Å². The molecule has 1 aliphatic carbocycles. The van der Waals surface area contributed by atoms with Gasteiger partial charge in [0.1, 0.15) is 15.8 Å². The quantitative estimate of drug-likeness (QED) is 0.380. The number of pyridine rings is 1. The zero-order chi connectivity index (χ0) is 23.6. The minimum absolute atomic E-state index is 0.0460. The monoisotopic (exact) mass is 506 g/mol. The van der Waals surface area contributed by atoms with Crippen LogP contribution in [0.3, 0.4) is 0 Å². The second-order valence-corrected chi connectivity index (χ2v) is 11.2. The highest BCUT2D eigenvalue weighted by Gasteiger charge is 2.23. The number of ether oxygens (including phenoxy) is 1. The zero-order valence-corrected chi connectivity index (χ0v) is 21.2. The van der Waals surface area contributed by atoms with Gasteiger partial charge in [0.15, 0.2) is 5.13 Å². The Morgan fingerprint density at radius 2 is 1.91 bits per heavy atom. The lowest BCUT2D eigenvalue weighted by molar-refractivity contribution is 0.403. The second-order valence-electron chi connectivity index (χ2n) is 8.22. The fraction of sp³-hybridized carbons (Fsp3) is 0.391. The summed E-state index contributed by atoms with van der Waals surface area (Å²) in [4.78, 5) is 9.68. The van der Waals surface area contributed by atoms with Crippen molar-refractivity contribution >= 4 is 43.8 Å². The predicted molar refractivity (Wildman–Crippen MR) is 134 cm³/mol. The van der Waals surface area contributed by atoms with E-state index in [1.165, 1.54) is 32.6 Å². The molecule has 0 radical (unpaired) electrons. The molecular formula is C23H27ClN4O3S2. The van der Waals surface area contributed by atoms with Crippen LogP contribution in [0.25, 0.3) is 10.4 Å². The first-order valence-corrected chi connectivity index (χ1v) is 13.5. The number of aromatic nitrogens is 2. The Balaban J connectivity index is 1.64. The van der Waals surface area contributed by atoms with Crippen LogP contribution in [0.15, 0.2) is 35.4 Å². The van der Waals surface area contributed by atoms with E-state index in [-0.39, 0.29) is 10.6 Å². The SMILES string of the molecule is COc1ccc(-c2sc(NC3CCCCC3)nc2C)cc1S(=O)(=O)Nc1cnc(Cl)c(C)c1. The number of sulfonamides is 1. The standard InChI is InChI=1S/C23H27ClN4O3S2/c1-14-11-18(13-25-22(14)24)28-33(29,30)20-12-16(9-10-19(20)31-3)21-15(2)26-23(32-21)27-17-7-5-4-6-8-17/h9-13,17,28H,4-8H2,1-3H3,(H,26,27). The van der Waals surface area contributed by atoms with Crippen molar-refractivity contribution in [3.8, 4) is 16.2 Å². The van der Waals surface area contributed by atoms with Crippen LogP contribution in [0.4, 0.5) is 10.8 Å². The molecule has 176 valence electrons. The van der Waals surface area contributed by atoms with Gasteiger partial charge in [-0.15, -0.1) is 0 Å². The molecule has 0 bridgehead atoms. The van der Waals surface area contributed by atoms with E-state index in [1.807, 2.05) is 13.0 Å². The molecule has 0 atom stereocenters. The molecule has 1 aliphatic rings. The third-order valence-electron chi connectivity index (χ3n) is 5.71. The van der Waals surface area contributed by atoms with Gasteiger partial charge in [-0.1, -0.05) is 42.2 Å². The zero-order valence-electron chi connectivity index (χ0n) is 18.8. The summed E-state index contributed by atoms with van der Waals surface area (Å²) in [5, 5.41) is 4.76. The van der Waals surface area contributed by atoms with Gasteiger partial charge in [-0.25, -0.2) is 18.4 Å². The van der Waals surface area contributed by atoms with E-state index in [0.717, 1.165) is 34.1 Å². The molecule has 1 saturated carbocycles. The Labute approximate surface area is 203 Å². The number of benzene rings is 1. The van der Waals surface area contributed by atoms with Crippen molar-refractivity contribution < 1.29 is 13.2 Å². The summed E-state index contributed by atoms with van der Waals surface area (Å²) in [6.45, 7) is 3.70. The number of hydrogen-bond acceptors (Lipinski definition) is 7. The minimum Gasteiger partial charge on any atom is -0.495 e. The van der Waals surface area contributed by atoms with Crippen LogP contribution in [0.5, 0.6) is 5.75 Å². The molecule has 1 aromatic carbocycles. The number of anilines is 2. The van der Waals surface area contributed by atoms with E-state index >= 15 is 0 Å². The lowest BCUT2D eigenvalue weighted by Gasteiger charge is -2.22. The van der Waals surface area contributed by atoms with Crippen LogP contribution in [-0.2, 0) is 10.0 Å². The van der Waals surface area contributed by atoms with Crippen LogP contribution in [-0.4, -0.2) is 31.5 Å². The maximum absolute atomic E-state index is 13.2. The van der Waals surface area contributed by atoms with Crippen molar-refractivity contribution in [1.29, 1.82) is 0 Å². The molecule has 0 unspecified atom stereocenters. The first-order chi connectivity index (χ1) is 15.8. The number of thiazole rings is 1. The summed E-state index contributed by atoms with van der Waals surface area (Å²) in [6, 6.07) is 7.24. The minimum atomic E-state index is -3.93. The largest absolute Gasteiger partial charge is 0.495 e. The Hall–Kier alpha value is -2.36. The summed E-state index contributed by atoms with van der Waals surface area (Å²) in [6.07, 6.45) is 7.48. The van der Waals surface area contributed by atoms with Gasteiger partial charge in [0.2, 0.25) is 0 Å². The van der Waals surface area contributed by atoms with Crippen molar-refractivity contribution in [1.82, 2.24) is 9.97 Å². The predicted octanol–water partition coefficient (Wildman–Crippen LogP) is 6.03. The summed E-state index contributed by atoms with van der Waals surface area (Å²) < 4.78 is 34.4. The molecule has 10 heteroatoms. The summed E-state index contributed by atoms with van der Waals surface area (Å²) in [5.74, 6) is 0.257. The van der Waals surface area contributed by atoms with Crippen molar-refractivity contribution in [2.24, 2.45) is 0 Å². The number of aryl methyl sites for hydroxylation is 2. The molecule has 0 aliphatic heterocycles. The van der Waals surface area contributed by atoms with E-state index in [9.17, 15) is 8.42 Å². The van der Waals surface area contributed by atoms with Gasteiger partial charge in [0.05, 0.1) is 29.6 Å². The maximum Gasteiger partial charge on any atom is 0.265 e. The van der Waals surface area contributed by atoms with Gasteiger partial charge in [0, 0.05) is 6.04 Å². The van der Waals surface area contributed by atoms with Crippen LogP contribution in [0, 0.1) is 13.8 Å².